The fourth-order valence-electron chi connectivity index (χ4n) is 7.26. The molecule has 4 nitrogen and oxygen atoms in total. The fourth-order valence-corrected chi connectivity index (χ4v) is 7.26. The molecule has 9 rings (SSSR count). The predicted octanol–water partition coefficient (Wildman–Crippen LogP) is 11.0. The van der Waals surface area contributed by atoms with Crippen molar-refractivity contribution in [3.63, 3.8) is 0 Å². The minimum absolute atomic E-state index is 0.584. The van der Waals surface area contributed by atoms with Gasteiger partial charge in [-0.25, -0.2) is 0 Å². The van der Waals surface area contributed by atoms with E-state index in [1.807, 2.05) is 48.5 Å². The van der Waals surface area contributed by atoms with Crippen molar-refractivity contribution in [2.75, 3.05) is 0 Å². The number of hydrogen-bond acceptors (Lipinski definition) is 2. The van der Waals surface area contributed by atoms with E-state index in [1.165, 1.54) is 10.8 Å². The van der Waals surface area contributed by atoms with Gasteiger partial charge in [-0.15, -0.1) is 0 Å². The van der Waals surface area contributed by atoms with E-state index in [2.05, 4.69) is 130 Å². The number of nitrogens with zero attached hydrogens (tertiary/aromatic N) is 4. The number of fused-ring (bicyclic) bond motifs is 6. The van der Waals surface area contributed by atoms with Gasteiger partial charge in [-0.05, 0) is 77.4 Å². The van der Waals surface area contributed by atoms with Crippen molar-refractivity contribution in [1.29, 1.82) is 10.5 Å². The summed E-state index contributed by atoms with van der Waals surface area (Å²) in [4.78, 5) is 0. The van der Waals surface area contributed by atoms with Crippen LogP contribution < -0.4 is 0 Å². The third kappa shape index (κ3) is 4.14. The zero-order chi connectivity index (χ0) is 32.2. The molecule has 0 aliphatic carbocycles. The molecule has 0 saturated carbocycles. The second-order valence-electron chi connectivity index (χ2n) is 12.0. The van der Waals surface area contributed by atoms with Gasteiger partial charge in [0.2, 0.25) is 0 Å². The van der Waals surface area contributed by atoms with Crippen LogP contribution in [0.5, 0.6) is 0 Å². The van der Waals surface area contributed by atoms with Gasteiger partial charge in [-0.2, -0.15) is 10.5 Å². The molecule has 0 bridgehead atoms. The van der Waals surface area contributed by atoms with Crippen LogP contribution in [-0.4, -0.2) is 9.13 Å². The first-order chi connectivity index (χ1) is 23.7. The lowest BCUT2D eigenvalue weighted by Gasteiger charge is -2.17. The van der Waals surface area contributed by atoms with E-state index in [0.717, 1.165) is 66.5 Å². The number of nitriles is 2. The standard InChI is InChI=1S/C44H26N4/c45-27-29-21-22-43-38(23-29)36-17-6-9-20-42(36)48(43)44-26-32(30-11-2-1-3-12-30)25-37(39(44)28-46)31-13-10-14-33(24-31)47-40-18-7-4-15-34(40)35-16-5-8-19-41(35)47/h1-26H. The number of rotatable bonds is 4. The molecule has 0 unspecified atom stereocenters. The van der Waals surface area contributed by atoms with Gasteiger partial charge in [0.05, 0.1) is 45.0 Å². The molecular weight excluding hydrogens is 585 g/mol. The van der Waals surface area contributed by atoms with Crippen LogP contribution in [0.3, 0.4) is 0 Å². The quantitative estimate of drug-likeness (QED) is 0.199. The molecule has 0 spiro atoms. The maximum atomic E-state index is 11.0. The Bertz CT molecular complexity index is 2750. The average Bonchev–Trinajstić information content (AvgIpc) is 3.67. The van der Waals surface area contributed by atoms with Crippen LogP contribution in [0.2, 0.25) is 0 Å². The summed E-state index contributed by atoms with van der Waals surface area (Å²) in [6.07, 6.45) is 0. The summed E-state index contributed by atoms with van der Waals surface area (Å²) in [5, 5.41) is 25.1. The van der Waals surface area contributed by atoms with E-state index in [-0.39, 0.29) is 0 Å². The number of para-hydroxylation sites is 3. The molecule has 2 aromatic heterocycles. The van der Waals surface area contributed by atoms with Crippen molar-refractivity contribution in [2.24, 2.45) is 0 Å². The van der Waals surface area contributed by atoms with E-state index in [0.29, 0.717) is 11.1 Å². The van der Waals surface area contributed by atoms with E-state index in [4.69, 9.17) is 0 Å². The molecule has 0 aliphatic heterocycles. The van der Waals surface area contributed by atoms with Crippen molar-refractivity contribution in [3.8, 4) is 45.8 Å². The highest BCUT2D eigenvalue weighted by Gasteiger charge is 2.21. The summed E-state index contributed by atoms with van der Waals surface area (Å²) in [5.74, 6) is 0. The molecule has 0 amide bonds. The van der Waals surface area contributed by atoms with Crippen LogP contribution in [-0.2, 0) is 0 Å². The van der Waals surface area contributed by atoms with Crippen molar-refractivity contribution in [3.05, 3.63) is 169 Å². The molecular formula is C44H26N4. The van der Waals surface area contributed by atoms with Crippen LogP contribution in [0.25, 0.3) is 77.2 Å². The van der Waals surface area contributed by atoms with Crippen molar-refractivity contribution >= 4 is 43.6 Å². The summed E-state index contributed by atoms with van der Waals surface area (Å²) in [7, 11) is 0. The molecule has 48 heavy (non-hydrogen) atoms. The maximum absolute atomic E-state index is 11.0. The van der Waals surface area contributed by atoms with Crippen LogP contribution in [0.15, 0.2) is 158 Å². The maximum Gasteiger partial charge on any atom is 0.102 e. The lowest BCUT2D eigenvalue weighted by atomic mass is 9.93. The molecule has 0 saturated heterocycles. The highest BCUT2D eigenvalue weighted by atomic mass is 15.0. The summed E-state index contributed by atoms with van der Waals surface area (Å²) < 4.78 is 4.49. The Morgan fingerprint density at radius 3 is 1.65 bits per heavy atom. The highest BCUT2D eigenvalue weighted by Crippen LogP contribution is 2.40. The molecule has 7 aromatic carbocycles. The van der Waals surface area contributed by atoms with Crippen molar-refractivity contribution < 1.29 is 0 Å². The Morgan fingerprint density at radius 2 is 0.979 bits per heavy atom. The van der Waals surface area contributed by atoms with Gasteiger partial charge in [-0.3, -0.25) is 0 Å². The Labute approximate surface area is 277 Å². The van der Waals surface area contributed by atoms with Crippen LogP contribution in [0.1, 0.15) is 11.1 Å². The van der Waals surface area contributed by atoms with E-state index >= 15 is 0 Å². The summed E-state index contributed by atoms with van der Waals surface area (Å²) in [6, 6.07) is 59.0. The van der Waals surface area contributed by atoms with Gasteiger partial charge < -0.3 is 9.13 Å². The molecule has 222 valence electrons. The molecule has 9 aromatic rings. The third-order valence-electron chi connectivity index (χ3n) is 9.37. The topological polar surface area (TPSA) is 57.4 Å². The van der Waals surface area contributed by atoms with Gasteiger partial charge in [0.1, 0.15) is 6.07 Å². The second kappa shape index (κ2) is 10.9. The van der Waals surface area contributed by atoms with Gasteiger partial charge in [0.15, 0.2) is 0 Å². The zero-order valence-corrected chi connectivity index (χ0v) is 25.8. The number of hydrogen-bond donors (Lipinski definition) is 0. The molecule has 2 heterocycles. The summed E-state index contributed by atoms with van der Waals surface area (Å²) >= 11 is 0. The van der Waals surface area contributed by atoms with Crippen LogP contribution >= 0.6 is 0 Å². The molecule has 0 atom stereocenters. The smallest absolute Gasteiger partial charge is 0.102 e. The molecule has 0 radical (unpaired) electrons. The van der Waals surface area contributed by atoms with Gasteiger partial charge in [0, 0.05) is 32.8 Å². The van der Waals surface area contributed by atoms with Crippen LogP contribution in [0.4, 0.5) is 0 Å². The fraction of sp³-hybridized carbons (Fsp3) is 0. The first-order valence-electron chi connectivity index (χ1n) is 15.9. The van der Waals surface area contributed by atoms with E-state index < -0.39 is 0 Å². The number of benzene rings is 7. The Morgan fingerprint density at radius 1 is 0.396 bits per heavy atom. The van der Waals surface area contributed by atoms with Crippen molar-refractivity contribution in [1.82, 2.24) is 9.13 Å². The predicted molar refractivity (Wildman–Crippen MR) is 195 cm³/mol. The molecule has 0 aliphatic rings. The minimum atomic E-state index is 0.584. The lowest BCUT2D eigenvalue weighted by molar-refractivity contribution is 1.16. The minimum Gasteiger partial charge on any atom is -0.309 e. The molecule has 0 N–H and O–H groups in total. The Balaban J connectivity index is 1.35. The van der Waals surface area contributed by atoms with E-state index in [1.54, 1.807) is 0 Å². The Kier molecular flexibility index (Phi) is 6.22. The monoisotopic (exact) mass is 610 g/mol. The normalized spacial score (nSPS) is 11.3. The summed E-state index contributed by atoms with van der Waals surface area (Å²) in [6.45, 7) is 0. The SMILES string of the molecule is N#Cc1ccc2c(c1)c1ccccc1n2-c1cc(-c2ccccc2)cc(-c2cccc(-n3c4ccccc4c4ccccc43)c2)c1C#N. The summed E-state index contributed by atoms with van der Waals surface area (Å²) in [5.41, 5.74) is 11.1. The molecule has 0 fully saturated rings. The first-order valence-corrected chi connectivity index (χ1v) is 15.9. The molecule has 4 heteroatoms. The lowest BCUT2D eigenvalue weighted by Crippen LogP contribution is -2.01. The first kappa shape index (κ1) is 27.4. The van der Waals surface area contributed by atoms with Crippen LogP contribution in [0, 0.1) is 22.7 Å². The van der Waals surface area contributed by atoms with E-state index in [9.17, 15) is 10.5 Å². The zero-order valence-electron chi connectivity index (χ0n) is 25.8. The highest BCUT2D eigenvalue weighted by molar-refractivity contribution is 6.11. The van der Waals surface area contributed by atoms with Crippen molar-refractivity contribution in [2.45, 2.75) is 0 Å². The largest absolute Gasteiger partial charge is 0.309 e. The number of aromatic nitrogens is 2. The van der Waals surface area contributed by atoms with Gasteiger partial charge in [-0.1, -0.05) is 97.1 Å². The average molecular weight is 611 g/mol. The second-order valence-corrected chi connectivity index (χ2v) is 12.0. The Hall–Kier alpha value is -6.88. The third-order valence-corrected chi connectivity index (χ3v) is 9.37. The van der Waals surface area contributed by atoms with Gasteiger partial charge in [0.25, 0.3) is 0 Å². The van der Waals surface area contributed by atoms with Gasteiger partial charge >= 0.3 is 0 Å².